The number of fused-ring (bicyclic) bond motifs is 5. The molecule has 1 heterocycles. The Morgan fingerprint density at radius 3 is 1.52 bits per heavy atom. The highest BCUT2D eigenvalue weighted by atomic mass is 33.1. The fourth-order valence-corrected chi connectivity index (χ4v) is 19.0. The Bertz CT molecular complexity index is 4340. The number of carbonyl (C=O) groups is 13. The summed E-state index contributed by atoms with van der Waals surface area (Å²) in [5.74, 6) is -17.1. The second-order valence-corrected chi connectivity index (χ2v) is 34.7. The molecule has 0 radical (unpaired) electrons. The van der Waals surface area contributed by atoms with E-state index in [-0.39, 0.29) is 172 Å². The molecule has 3 aromatic carbocycles. The summed E-state index contributed by atoms with van der Waals surface area (Å²) < 4.78 is 42.8. The van der Waals surface area contributed by atoms with Crippen LogP contribution in [-0.2, 0) is 81.1 Å². The number of nitrogens with one attached hydrogen (secondary N) is 9. The molecule has 1 aliphatic heterocycles. The Hall–Kier alpha value is -10.8. The van der Waals surface area contributed by atoms with E-state index in [9.17, 15) is 63.0 Å². The number of esters is 4. The monoisotopic (exact) mass is 1740 g/mol. The molecule has 2 saturated carbocycles. The highest BCUT2D eigenvalue weighted by Gasteiger charge is 2.78. The number of ketones is 6. The van der Waals surface area contributed by atoms with E-state index in [4.69, 9.17) is 83.5 Å². The van der Waals surface area contributed by atoms with Crippen LogP contribution >= 0.6 is 21.6 Å². The first-order valence-electron chi connectivity index (χ1n) is 40.5. The molecule has 2 bridgehead atoms. The number of aliphatic hydroxyl groups is 2. The van der Waals surface area contributed by atoms with Gasteiger partial charge in [0.2, 0.25) is 12.0 Å². The number of Topliss-reactive ketones (excluding diaryl/α,β-unsaturated/α-hetero) is 6. The Kier molecular flexibility index (Phi) is 36.5. The van der Waals surface area contributed by atoms with Gasteiger partial charge in [0.05, 0.1) is 29.6 Å². The van der Waals surface area contributed by atoms with Crippen LogP contribution in [0.2, 0.25) is 0 Å². The van der Waals surface area contributed by atoms with Crippen molar-refractivity contribution in [1.82, 2.24) is 26.6 Å². The third-order valence-corrected chi connectivity index (χ3v) is 25.6. The molecule has 4 aliphatic rings. The summed E-state index contributed by atoms with van der Waals surface area (Å²) in [4.78, 5) is 186. The Morgan fingerprint density at radius 1 is 0.598 bits per heavy atom. The molecule has 36 nitrogen and oxygen atoms in total. The summed E-state index contributed by atoms with van der Waals surface area (Å²) in [5, 5.41) is 70.6. The average Bonchev–Trinajstić information content (AvgIpc) is 0.667. The van der Waals surface area contributed by atoms with Crippen LogP contribution in [0.5, 0.6) is 0 Å². The molecule has 0 spiro atoms. The van der Waals surface area contributed by atoms with Crippen LogP contribution in [0.25, 0.3) is 0 Å². The number of benzene rings is 3. The van der Waals surface area contributed by atoms with Gasteiger partial charge in [-0.25, -0.2) is 14.4 Å². The van der Waals surface area contributed by atoms with Crippen molar-refractivity contribution < 1.29 is 106 Å². The zero-order valence-corrected chi connectivity index (χ0v) is 71.3. The fraction of sp³-hybridized carbons (Fsp3) is 0.560. The van der Waals surface area contributed by atoms with E-state index in [0.29, 0.717) is 6.42 Å². The van der Waals surface area contributed by atoms with Gasteiger partial charge in [0.1, 0.15) is 65.5 Å². The molecule has 122 heavy (non-hydrogen) atoms. The van der Waals surface area contributed by atoms with Crippen molar-refractivity contribution >= 4 is 122 Å². The largest absolute Gasteiger partial charge is 0.509 e. The highest BCUT2D eigenvalue weighted by Crippen LogP contribution is 2.65. The maximum Gasteiger partial charge on any atom is 0.509 e. The van der Waals surface area contributed by atoms with E-state index in [1.54, 1.807) is 54.6 Å². The standard InChI is InChI=1S/C84H116N14O22S2/c1-46(99)37-57(61(105)40-55(29-19-33-96-78(90)91)59(103)38-53(27-17-31-94-76(86)87)58(102)39-54(28-18-32-95-77(88)89)60(104)41-56(72(85)108)30-20-34-97-79(92)93)44-122-121-36-35-114-80(112)118-68(66(50-21-11-8-12-22-50)98-73(109)51-23-13-9-14-24-51)75(111)117-62-43-84(113)71(119-74(110)52-25-15-10-16-26-52)69-82(7,63(106)42-64-83(69,45-115-64)120-49(4)101)70(107)67(116-48(3)100)65(47(62)2)81(84,5)6/h8-16,21-26,53-57,62-64,66-69,71,106,113H,17-20,27-45H2,1-7H3,(H2,85,108)(H,98,109)(H4,86,87,94)(H4,88,89,95)(H4,90,91,96)(H4,92,93,97)/t53-,54-,55-,56-,57+,62-,63-,64+,66-,67+,68+,69-,71-,82+,83-,84+/m0/s1. The third-order valence-electron chi connectivity index (χ3n) is 23.1. The van der Waals surface area contributed by atoms with Crippen molar-refractivity contribution in [3.05, 3.63) is 119 Å². The smallest absolute Gasteiger partial charge is 0.455 e. The van der Waals surface area contributed by atoms with Crippen LogP contribution in [0, 0.1) is 68.0 Å². The molecular formula is C84H116N14O22S2. The number of guanidine groups is 4. The molecule has 21 N–H and O–H groups in total. The van der Waals surface area contributed by atoms with E-state index in [1.807, 2.05) is 0 Å². The van der Waals surface area contributed by atoms with E-state index < -0.39 is 197 Å². The molecule has 2 amide bonds. The number of hydrogen-bond acceptors (Lipinski definition) is 28. The molecular weight excluding hydrogens is 1620 g/mol. The fourth-order valence-electron chi connectivity index (χ4n) is 16.8. The number of aliphatic hydroxyl groups excluding tert-OH is 1. The second-order valence-electron chi connectivity index (χ2n) is 32.1. The number of amides is 2. The number of ether oxygens (including phenoxy) is 7. The number of nitrogens with two attached hydrogens (primary N) is 5. The van der Waals surface area contributed by atoms with E-state index >= 15 is 9.59 Å². The molecule has 7 rings (SSSR count). The Balaban J connectivity index is 1.15. The minimum Gasteiger partial charge on any atom is -0.455 e. The summed E-state index contributed by atoms with van der Waals surface area (Å²) in [6.07, 6.45) is -13.6. The lowest BCUT2D eigenvalue weighted by Gasteiger charge is -2.67. The van der Waals surface area contributed by atoms with Crippen LogP contribution in [-0.4, -0.2) is 209 Å². The molecule has 666 valence electrons. The van der Waals surface area contributed by atoms with Gasteiger partial charge in [0, 0.05) is 137 Å². The number of hydrogen-bond donors (Lipinski definition) is 16. The first kappa shape index (κ1) is 98.3. The second kappa shape index (κ2) is 45.3. The predicted molar refractivity (Wildman–Crippen MR) is 450 cm³/mol. The number of rotatable bonds is 48. The normalized spacial score (nSPS) is 22.8. The minimum atomic E-state index is -2.60. The minimum absolute atomic E-state index is 0.0133. The Labute approximate surface area is 715 Å². The number of carbonyl (C=O) groups excluding carboxylic acids is 13. The van der Waals surface area contributed by atoms with Crippen LogP contribution in [0.4, 0.5) is 4.79 Å². The van der Waals surface area contributed by atoms with Crippen LogP contribution in [0.1, 0.15) is 177 Å². The van der Waals surface area contributed by atoms with Gasteiger partial charge in [-0.05, 0) is 113 Å². The van der Waals surface area contributed by atoms with Crippen molar-refractivity contribution in [2.75, 3.05) is 50.9 Å². The molecule has 16 atom stereocenters. The van der Waals surface area contributed by atoms with Crippen molar-refractivity contribution in [3.8, 4) is 0 Å². The maximum absolute atomic E-state index is 16.0. The van der Waals surface area contributed by atoms with Gasteiger partial charge in [-0.2, -0.15) is 0 Å². The van der Waals surface area contributed by atoms with E-state index in [1.165, 1.54) is 71.0 Å². The number of primary amides is 1. The van der Waals surface area contributed by atoms with Gasteiger partial charge < -0.3 is 103 Å². The van der Waals surface area contributed by atoms with Crippen LogP contribution in [0.15, 0.2) is 102 Å². The quantitative estimate of drug-likeness (QED) is 0.00692. The predicted octanol–water partition coefficient (Wildman–Crippen LogP) is 4.71. The highest BCUT2D eigenvalue weighted by molar-refractivity contribution is 8.76. The zero-order valence-electron chi connectivity index (χ0n) is 69.7. The summed E-state index contributed by atoms with van der Waals surface area (Å²) in [5.41, 5.74) is 19.4. The van der Waals surface area contributed by atoms with Gasteiger partial charge in [-0.3, -0.25) is 64.8 Å². The first-order valence-corrected chi connectivity index (χ1v) is 43.0. The van der Waals surface area contributed by atoms with Gasteiger partial charge >= 0.3 is 30.0 Å². The third kappa shape index (κ3) is 26.1. The van der Waals surface area contributed by atoms with Gasteiger partial charge in [-0.15, -0.1) is 0 Å². The van der Waals surface area contributed by atoms with Gasteiger partial charge in [0.25, 0.3) is 5.91 Å². The molecule has 1 saturated heterocycles. The summed E-state index contributed by atoms with van der Waals surface area (Å²) in [7, 11) is 2.23. The molecule has 0 unspecified atom stereocenters. The molecule has 3 aliphatic carbocycles. The molecule has 0 aromatic heterocycles. The van der Waals surface area contributed by atoms with Gasteiger partial charge in [-0.1, -0.05) is 102 Å². The van der Waals surface area contributed by atoms with Crippen molar-refractivity contribution in [1.29, 1.82) is 21.6 Å². The van der Waals surface area contributed by atoms with Crippen molar-refractivity contribution in [2.45, 2.75) is 199 Å². The summed E-state index contributed by atoms with van der Waals surface area (Å²) in [6, 6.07) is 21.6. The van der Waals surface area contributed by atoms with E-state index in [2.05, 4.69) is 26.6 Å². The van der Waals surface area contributed by atoms with Crippen molar-refractivity contribution in [3.63, 3.8) is 0 Å². The summed E-state index contributed by atoms with van der Waals surface area (Å²) >= 11 is 0. The lowest BCUT2D eigenvalue weighted by molar-refractivity contribution is -0.346. The topological polar surface area (TPSA) is 613 Å². The van der Waals surface area contributed by atoms with Crippen molar-refractivity contribution in [2.24, 2.45) is 75.0 Å². The van der Waals surface area contributed by atoms with E-state index in [0.717, 1.165) is 35.4 Å². The first-order chi connectivity index (χ1) is 57.7. The lowest BCUT2D eigenvalue weighted by atomic mass is 9.44. The molecule has 3 fully saturated rings. The zero-order chi connectivity index (χ0) is 90.0. The SMILES string of the molecule is CC(=O)C[C@H](CSSCCOC(=O)O[C@@H](C(=O)O[C@H]1C[C@@]2(O)[C@@H](OC(=O)c3ccccc3)[C@@H]3[C@]4(OC(C)=O)CO[C@@H]4C[C@H](O)[C@@]3(C)C(=O)[C@H](OC(C)=O)C(=C1C)C2(C)C)[C@@H](NC(=O)c1ccccc1)c1ccccc1)C(=O)C[C@H](CCCNC(=N)N)C(=O)C[C@H](CCCNC(=N)N)C(=O)C[C@H](CCCNC(=N)N)C(=O)C[C@H](CCCNC(=N)N)C(N)=O. The Morgan fingerprint density at radius 2 is 1.07 bits per heavy atom. The lowest BCUT2D eigenvalue weighted by Crippen LogP contribution is -2.82. The average molecular weight is 1740 g/mol. The molecule has 3 aromatic rings. The van der Waals surface area contributed by atoms with Crippen LogP contribution in [0.3, 0.4) is 0 Å². The van der Waals surface area contributed by atoms with Gasteiger partial charge in [0.15, 0.2) is 41.3 Å². The van der Waals surface area contributed by atoms with Crippen LogP contribution < -0.4 is 55.3 Å². The maximum atomic E-state index is 16.0. The summed E-state index contributed by atoms with van der Waals surface area (Å²) in [6.45, 7) is 8.98. The molecule has 38 heteroatoms.